The number of aliphatic hydroxyl groups is 3. The third-order valence-corrected chi connectivity index (χ3v) is 6.23. The van der Waals surface area contributed by atoms with Crippen molar-refractivity contribution in [1.82, 2.24) is 0 Å². The van der Waals surface area contributed by atoms with Gasteiger partial charge in [-0.2, -0.15) is 0 Å². The summed E-state index contributed by atoms with van der Waals surface area (Å²) in [6, 6.07) is 3.19. The van der Waals surface area contributed by atoms with E-state index < -0.39 is 29.3 Å². The van der Waals surface area contributed by atoms with Crippen LogP contribution in [0.4, 0.5) is 0 Å². The predicted molar refractivity (Wildman–Crippen MR) is 90.4 cm³/mol. The van der Waals surface area contributed by atoms with Gasteiger partial charge in [0.05, 0.1) is 11.0 Å². The number of ketones is 1. The molecule has 1 aliphatic heterocycles. The van der Waals surface area contributed by atoms with Gasteiger partial charge in [-0.05, 0) is 37.8 Å². The van der Waals surface area contributed by atoms with Gasteiger partial charge in [-0.25, -0.2) is 0 Å². The number of aryl methyl sites for hydroxylation is 1. The third-order valence-electron chi connectivity index (χ3n) is 6.23. The maximum atomic E-state index is 12.7. The highest BCUT2D eigenvalue weighted by Gasteiger charge is 2.69. The second-order valence-corrected chi connectivity index (χ2v) is 7.25. The Kier molecular flexibility index (Phi) is 4.34. The van der Waals surface area contributed by atoms with Crippen molar-refractivity contribution in [3.8, 4) is 11.5 Å². The molecule has 0 saturated heterocycles. The van der Waals surface area contributed by atoms with E-state index in [0.29, 0.717) is 18.4 Å². The van der Waals surface area contributed by atoms with E-state index in [0.717, 1.165) is 5.56 Å². The highest BCUT2D eigenvalue weighted by Crippen LogP contribution is 2.62. The standard InChI is InChI=1S/C19H26O6/c1-4-11(17(22)23)19-14-10(3)6-7-12(20)15(14)25-16(19)13(21)8-9-18(19,24)5-2/h6-7,11,16-17,20,22-24H,4-5,8-9H2,1-3H3/t11-,16-,18-,19-/m0/s1. The molecule has 6 heteroatoms. The Morgan fingerprint density at radius 2 is 2.00 bits per heavy atom. The van der Waals surface area contributed by atoms with Crippen LogP contribution in [0.1, 0.15) is 50.7 Å². The van der Waals surface area contributed by atoms with Crippen LogP contribution in [0, 0.1) is 12.8 Å². The van der Waals surface area contributed by atoms with Gasteiger partial charge in [0.2, 0.25) is 0 Å². The molecule has 0 unspecified atom stereocenters. The number of carbonyl (C=O) groups is 1. The zero-order chi connectivity index (χ0) is 18.6. The maximum Gasteiger partial charge on any atom is 0.174 e. The number of aromatic hydroxyl groups is 1. The number of rotatable bonds is 4. The summed E-state index contributed by atoms with van der Waals surface area (Å²) in [5.41, 5.74) is -1.39. The molecule has 4 atom stereocenters. The fourth-order valence-electron chi connectivity index (χ4n) is 5.07. The SMILES string of the molecule is CC[C@@H](C(O)O)[C@]12c3c(C)ccc(O)c3O[C@H]1C(=O)CC[C@@]2(O)CC. The van der Waals surface area contributed by atoms with E-state index >= 15 is 0 Å². The second-order valence-electron chi connectivity index (χ2n) is 7.25. The predicted octanol–water partition coefficient (Wildman–Crippen LogP) is 1.54. The molecule has 1 heterocycles. The van der Waals surface area contributed by atoms with Gasteiger partial charge >= 0.3 is 0 Å². The average Bonchev–Trinajstić information content (AvgIpc) is 2.94. The molecule has 0 radical (unpaired) electrons. The summed E-state index contributed by atoms with van der Waals surface area (Å²) < 4.78 is 5.89. The number of aliphatic hydroxyl groups excluding tert-OH is 1. The Labute approximate surface area is 147 Å². The summed E-state index contributed by atoms with van der Waals surface area (Å²) in [7, 11) is 0. The van der Waals surface area contributed by atoms with Crippen LogP contribution in [0.25, 0.3) is 0 Å². The highest BCUT2D eigenvalue weighted by molar-refractivity contribution is 5.89. The molecule has 3 rings (SSSR count). The molecular weight excluding hydrogens is 324 g/mol. The molecule has 4 N–H and O–H groups in total. The Balaban J connectivity index is 2.42. The minimum Gasteiger partial charge on any atom is -0.504 e. The van der Waals surface area contributed by atoms with Crippen molar-refractivity contribution in [2.45, 2.75) is 69.9 Å². The Morgan fingerprint density at radius 3 is 2.56 bits per heavy atom. The van der Waals surface area contributed by atoms with E-state index in [1.807, 2.05) is 13.8 Å². The van der Waals surface area contributed by atoms with Crippen molar-refractivity contribution in [3.63, 3.8) is 0 Å². The van der Waals surface area contributed by atoms with Gasteiger partial charge in [0.25, 0.3) is 0 Å². The molecule has 1 aromatic carbocycles. The van der Waals surface area contributed by atoms with Crippen molar-refractivity contribution >= 4 is 5.78 Å². The first-order valence-electron chi connectivity index (χ1n) is 8.85. The maximum absolute atomic E-state index is 12.7. The van der Waals surface area contributed by atoms with Crippen molar-refractivity contribution < 1.29 is 30.0 Å². The van der Waals surface area contributed by atoms with Crippen LogP contribution in [0.5, 0.6) is 11.5 Å². The molecule has 2 aliphatic rings. The molecule has 0 amide bonds. The van der Waals surface area contributed by atoms with E-state index in [4.69, 9.17) is 4.74 Å². The molecule has 1 saturated carbocycles. The number of benzene rings is 1. The lowest BCUT2D eigenvalue weighted by Gasteiger charge is -2.54. The molecule has 1 aromatic rings. The van der Waals surface area contributed by atoms with Gasteiger partial charge < -0.3 is 25.2 Å². The first kappa shape index (κ1) is 18.2. The van der Waals surface area contributed by atoms with Crippen molar-refractivity contribution in [2.24, 2.45) is 5.92 Å². The largest absolute Gasteiger partial charge is 0.504 e. The number of hydrogen-bond acceptors (Lipinski definition) is 6. The molecule has 1 aliphatic carbocycles. The molecule has 0 bridgehead atoms. The lowest BCUT2D eigenvalue weighted by molar-refractivity contribution is -0.192. The topological polar surface area (TPSA) is 107 Å². The second kappa shape index (κ2) is 5.97. The van der Waals surface area contributed by atoms with Crippen molar-refractivity contribution in [1.29, 1.82) is 0 Å². The minimum absolute atomic E-state index is 0.108. The number of carbonyl (C=O) groups excluding carboxylic acids is 1. The van der Waals surface area contributed by atoms with Gasteiger partial charge in [0.1, 0.15) is 0 Å². The van der Waals surface area contributed by atoms with Gasteiger partial charge in [-0.15, -0.1) is 0 Å². The smallest absolute Gasteiger partial charge is 0.174 e. The third kappa shape index (κ3) is 2.17. The summed E-state index contributed by atoms with van der Waals surface area (Å²) in [5.74, 6) is -0.935. The quantitative estimate of drug-likeness (QED) is 0.614. The minimum atomic E-state index is -1.73. The van der Waals surface area contributed by atoms with E-state index in [1.54, 1.807) is 13.0 Å². The molecular formula is C19H26O6. The average molecular weight is 350 g/mol. The molecule has 0 aromatic heterocycles. The fraction of sp³-hybridized carbons (Fsp3) is 0.632. The molecule has 0 spiro atoms. The van der Waals surface area contributed by atoms with Gasteiger partial charge in [-0.1, -0.05) is 19.9 Å². The van der Waals surface area contributed by atoms with Crippen LogP contribution < -0.4 is 4.74 Å². The Hall–Kier alpha value is -1.63. The number of phenolic OH excluding ortho intramolecular Hbond substituents is 1. The zero-order valence-corrected chi connectivity index (χ0v) is 14.8. The Bertz CT molecular complexity index is 699. The van der Waals surface area contributed by atoms with Crippen LogP contribution >= 0.6 is 0 Å². The molecule has 138 valence electrons. The van der Waals surface area contributed by atoms with E-state index in [1.165, 1.54) is 6.07 Å². The number of fused-ring (bicyclic) bond motifs is 3. The summed E-state index contributed by atoms with van der Waals surface area (Å²) in [6.45, 7) is 5.43. The summed E-state index contributed by atoms with van der Waals surface area (Å²) >= 11 is 0. The number of Topliss-reactive ketones (excluding diaryl/α,β-unsaturated/α-hetero) is 1. The van der Waals surface area contributed by atoms with E-state index in [9.17, 15) is 25.2 Å². The van der Waals surface area contributed by atoms with Gasteiger partial charge in [0, 0.05) is 17.9 Å². The molecule has 6 nitrogen and oxygen atoms in total. The lowest BCUT2D eigenvalue weighted by Crippen LogP contribution is -2.68. The van der Waals surface area contributed by atoms with Crippen LogP contribution in [-0.2, 0) is 10.2 Å². The summed E-state index contributed by atoms with van der Waals surface area (Å²) in [4.78, 5) is 12.7. The number of hydrogen-bond donors (Lipinski definition) is 4. The van der Waals surface area contributed by atoms with Crippen LogP contribution in [0.15, 0.2) is 12.1 Å². The van der Waals surface area contributed by atoms with Crippen LogP contribution in [-0.4, -0.2) is 44.2 Å². The Morgan fingerprint density at radius 1 is 1.32 bits per heavy atom. The number of phenols is 1. The number of ether oxygens (including phenoxy) is 1. The normalized spacial score (nSPS) is 32.3. The van der Waals surface area contributed by atoms with Crippen LogP contribution in [0.3, 0.4) is 0 Å². The van der Waals surface area contributed by atoms with Crippen molar-refractivity contribution in [2.75, 3.05) is 0 Å². The highest BCUT2D eigenvalue weighted by atomic mass is 16.5. The van der Waals surface area contributed by atoms with Crippen LogP contribution in [0.2, 0.25) is 0 Å². The summed E-state index contributed by atoms with van der Waals surface area (Å²) in [6.07, 6.45) is -1.73. The zero-order valence-electron chi connectivity index (χ0n) is 14.8. The summed E-state index contributed by atoms with van der Waals surface area (Å²) in [5, 5.41) is 42.1. The first-order chi connectivity index (χ1) is 11.7. The molecule has 1 fully saturated rings. The lowest BCUT2D eigenvalue weighted by atomic mass is 9.51. The van der Waals surface area contributed by atoms with Gasteiger partial charge in [0.15, 0.2) is 29.7 Å². The van der Waals surface area contributed by atoms with E-state index in [2.05, 4.69) is 0 Å². The van der Waals surface area contributed by atoms with Crippen molar-refractivity contribution in [3.05, 3.63) is 23.3 Å². The van der Waals surface area contributed by atoms with Gasteiger partial charge in [-0.3, -0.25) is 4.79 Å². The monoisotopic (exact) mass is 350 g/mol. The first-order valence-corrected chi connectivity index (χ1v) is 8.85. The van der Waals surface area contributed by atoms with E-state index in [-0.39, 0.29) is 30.1 Å². The molecule has 25 heavy (non-hydrogen) atoms. The fourth-order valence-corrected chi connectivity index (χ4v) is 5.07.